The van der Waals surface area contributed by atoms with Crippen LogP contribution in [0.3, 0.4) is 0 Å². The Bertz CT molecular complexity index is 1340. The summed E-state index contributed by atoms with van der Waals surface area (Å²) in [5, 5.41) is 22.3. The minimum atomic E-state index is 0.0567. The Morgan fingerprint density at radius 3 is 2.35 bits per heavy atom. The van der Waals surface area contributed by atoms with Gasteiger partial charge >= 0.3 is 0 Å². The van der Waals surface area contributed by atoms with Gasteiger partial charge in [0.25, 0.3) is 0 Å². The minimum absolute atomic E-state index is 0.0567. The zero-order chi connectivity index (χ0) is 23.1. The third kappa shape index (κ3) is 3.78. The van der Waals surface area contributed by atoms with Crippen LogP contribution in [-0.2, 0) is 0 Å². The van der Waals surface area contributed by atoms with Crippen LogP contribution in [0, 0.1) is 0 Å². The summed E-state index contributed by atoms with van der Waals surface area (Å²) in [7, 11) is 0. The Labute approximate surface area is 200 Å². The van der Waals surface area contributed by atoms with Gasteiger partial charge in [-0.2, -0.15) is 0 Å². The molecule has 0 spiro atoms. The van der Waals surface area contributed by atoms with Crippen LogP contribution in [0.2, 0.25) is 0 Å². The molecule has 0 bridgehead atoms. The lowest BCUT2D eigenvalue weighted by Gasteiger charge is -2.26. The highest BCUT2D eigenvalue weighted by molar-refractivity contribution is 5.98. The van der Waals surface area contributed by atoms with Gasteiger partial charge in [-0.3, -0.25) is 4.90 Å². The Balaban J connectivity index is 1.32. The predicted molar refractivity (Wildman–Crippen MR) is 136 cm³/mol. The van der Waals surface area contributed by atoms with Crippen LogP contribution < -0.4 is 4.74 Å². The fourth-order valence-electron chi connectivity index (χ4n) is 5.65. The van der Waals surface area contributed by atoms with Crippen LogP contribution in [0.25, 0.3) is 21.9 Å². The van der Waals surface area contributed by atoms with E-state index in [1.807, 2.05) is 30.3 Å². The van der Waals surface area contributed by atoms with Crippen molar-refractivity contribution < 1.29 is 14.9 Å². The number of rotatable bonds is 5. The molecule has 0 saturated carbocycles. The highest BCUT2D eigenvalue weighted by Gasteiger charge is 2.32. The van der Waals surface area contributed by atoms with Crippen LogP contribution in [0.1, 0.15) is 41.9 Å². The molecule has 2 aliphatic rings. The summed E-state index contributed by atoms with van der Waals surface area (Å²) in [5.41, 5.74) is 5.80. The maximum atomic E-state index is 10.2. The number of ether oxygens (including phenoxy) is 1. The zero-order valence-electron chi connectivity index (χ0n) is 19.2. The second-order valence-electron chi connectivity index (χ2n) is 9.46. The summed E-state index contributed by atoms with van der Waals surface area (Å²) in [4.78, 5) is 2.49. The van der Waals surface area contributed by atoms with Gasteiger partial charge < -0.3 is 14.9 Å². The summed E-state index contributed by atoms with van der Waals surface area (Å²) in [6, 6.07) is 23.8. The number of piperidine rings is 1. The fourth-order valence-corrected chi connectivity index (χ4v) is 5.65. The van der Waals surface area contributed by atoms with E-state index in [1.54, 1.807) is 12.1 Å². The number of phenolic OH excluding ortho intramolecular Hbond substituents is 2. The molecule has 1 atom stereocenters. The van der Waals surface area contributed by atoms with E-state index in [2.05, 4.69) is 35.2 Å². The first-order valence-electron chi connectivity index (χ1n) is 12.2. The van der Waals surface area contributed by atoms with Gasteiger partial charge in [0, 0.05) is 12.5 Å². The van der Waals surface area contributed by atoms with Gasteiger partial charge in [0.15, 0.2) is 0 Å². The maximum absolute atomic E-state index is 10.2. The first-order chi connectivity index (χ1) is 16.7. The van der Waals surface area contributed by atoms with E-state index < -0.39 is 0 Å². The molecule has 2 N–H and O–H groups in total. The lowest BCUT2D eigenvalue weighted by Crippen LogP contribution is -2.33. The normalized spacial score (nSPS) is 17.5. The van der Waals surface area contributed by atoms with Crippen molar-refractivity contribution in [3.63, 3.8) is 0 Å². The van der Waals surface area contributed by atoms with Crippen molar-refractivity contribution in [3.05, 3.63) is 89.5 Å². The average molecular weight is 452 g/mol. The molecule has 4 aromatic carbocycles. The van der Waals surface area contributed by atoms with Crippen LogP contribution in [0.5, 0.6) is 17.2 Å². The summed E-state index contributed by atoms with van der Waals surface area (Å²) in [5.74, 6) is 1.49. The molecule has 172 valence electrons. The van der Waals surface area contributed by atoms with Crippen LogP contribution in [0.15, 0.2) is 72.8 Å². The molecule has 1 heterocycles. The molecule has 6 rings (SSSR count). The van der Waals surface area contributed by atoms with E-state index in [9.17, 15) is 10.2 Å². The average Bonchev–Trinajstić information content (AvgIpc) is 3.19. The summed E-state index contributed by atoms with van der Waals surface area (Å²) in [6.45, 7) is 4.06. The van der Waals surface area contributed by atoms with Gasteiger partial charge in [0.1, 0.15) is 23.9 Å². The fraction of sp³-hybridized carbons (Fsp3) is 0.267. The SMILES string of the molecule is Oc1ccc2c(c1)-c1ccc3cc(O)ccc3c1C2c1ccc(OCCN2CCCCC2)cc1. The quantitative estimate of drug-likeness (QED) is 0.330. The van der Waals surface area contributed by atoms with Crippen molar-refractivity contribution in [2.45, 2.75) is 25.2 Å². The lowest BCUT2D eigenvalue weighted by molar-refractivity contribution is 0.183. The molecule has 4 aromatic rings. The van der Waals surface area contributed by atoms with E-state index in [0.29, 0.717) is 6.61 Å². The Morgan fingerprint density at radius 2 is 1.53 bits per heavy atom. The Hall–Kier alpha value is -3.50. The molecule has 1 saturated heterocycles. The van der Waals surface area contributed by atoms with Gasteiger partial charge in [0.2, 0.25) is 0 Å². The molecule has 1 fully saturated rings. The Morgan fingerprint density at radius 1 is 0.765 bits per heavy atom. The molecule has 1 unspecified atom stereocenters. The van der Waals surface area contributed by atoms with E-state index in [1.165, 1.54) is 49.0 Å². The van der Waals surface area contributed by atoms with Gasteiger partial charge in [-0.05, 0) is 101 Å². The van der Waals surface area contributed by atoms with Gasteiger partial charge in [-0.15, -0.1) is 0 Å². The third-order valence-electron chi connectivity index (χ3n) is 7.31. The summed E-state index contributed by atoms with van der Waals surface area (Å²) in [6.07, 6.45) is 3.94. The molecular formula is C30H29NO3. The van der Waals surface area contributed by atoms with Crippen LogP contribution in [0.4, 0.5) is 0 Å². The number of likely N-dealkylation sites (tertiary alicyclic amines) is 1. The largest absolute Gasteiger partial charge is 0.508 e. The molecule has 4 heteroatoms. The number of benzene rings is 4. The van der Waals surface area contributed by atoms with Gasteiger partial charge in [-0.25, -0.2) is 0 Å². The second-order valence-corrected chi connectivity index (χ2v) is 9.46. The zero-order valence-corrected chi connectivity index (χ0v) is 19.2. The molecule has 34 heavy (non-hydrogen) atoms. The molecule has 1 aliphatic heterocycles. The van der Waals surface area contributed by atoms with E-state index in [0.717, 1.165) is 34.2 Å². The summed E-state index contributed by atoms with van der Waals surface area (Å²) < 4.78 is 6.06. The first kappa shape index (κ1) is 21.1. The number of fused-ring (bicyclic) bond motifs is 5. The topological polar surface area (TPSA) is 52.9 Å². The van der Waals surface area contributed by atoms with Crippen LogP contribution in [-0.4, -0.2) is 41.4 Å². The molecule has 4 nitrogen and oxygen atoms in total. The van der Waals surface area contributed by atoms with Gasteiger partial charge in [0.05, 0.1) is 0 Å². The van der Waals surface area contributed by atoms with E-state index in [-0.39, 0.29) is 17.4 Å². The molecular weight excluding hydrogens is 422 g/mol. The number of aromatic hydroxyl groups is 2. The molecule has 0 radical (unpaired) electrons. The van der Waals surface area contributed by atoms with Crippen molar-refractivity contribution in [1.82, 2.24) is 4.90 Å². The number of hydrogen-bond donors (Lipinski definition) is 2. The Kier molecular flexibility index (Phi) is 5.39. The van der Waals surface area contributed by atoms with E-state index >= 15 is 0 Å². The van der Waals surface area contributed by atoms with Crippen molar-refractivity contribution in [2.75, 3.05) is 26.2 Å². The number of nitrogens with zero attached hydrogens (tertiary/aromatic N) is 1. The molecule has 0 aromatic heterocycles. The maximum Gasteiger partial charge on any atom is 0.119 e. The minimum Gasteiger partial charge on any atom is -0.508 e. The van der Waals surface area contributed by atoms with E-state index in [4.69, 9.17) is 4.74 Å². The first-order valence-corrected chi connectivity index (χ1v) is 12.2. The van der Waals surface area contributed by atoms with Crippen molar-refractivity contribution >= 4 is 10.8 Å². The third-order valence-corrected chi connectivity index (χ3v) is 7.31. The number of phenols is 2. The van der Waals surface area contributed by atoms with Crippen molar-refractivity contribution in [1.29, 1.82) is 0 Å². The van der Waals surface area contributed by atoms with Crippen molar-refractivity contribution in [3.8, 4) is 28.4 Å². The number of hydrogen-bond acceptors (Lipinski definition) is 4. The highest BCUT2D eigenvalue weighted by atomic mass is 16.5. The predicted octanol–water partition coefficient (Wildman–Crippen LogP) is 6.28. The monoisotopic (exact) mass is 451 g/mol. The summed E-state index contributed by atoms with van der Waals surface area (Å²) >= 11 is 0. The molecule has 0 amide bonds. The lowest BCUT2D eigenvalue weighted by atomic mass is 9.86. The van der Waals surface area contributed by atoms with Crippen LogP contribution >= 0.6 is 0 Å². The van der Waals surface area contributed by atoms with Crippen molar-refractivity contribution in [2.24, 2.45) is 0 Å². The molecule has 1 aliphatic carbocycles. The standard InChI is InChI=1S/C30H29NO3/c32-22-7-12-25-21(18-22)6-11-27-28-19-23(33)8-13-26(28)29(30(25)27)20-4-9-24(10-5-20)34-17-16-31-14-2-1-3-15-31/h4-13,18-19,29,32-33H,1-3,14-17H2. The van der Waals surface area contributed by atoms with Gasteiger partial charge in [-0.1, -0.05) is 42.8 Å². The smallest absolute Gasteiger partial charge is 0.119 e. The highest BCUT2D eigenvalue weighted by Crippen LogP contribution is 2.51. The second kappa shape index (κ2) is 8.69.